The average molecular weight is 332 g/mol. The number of rotatable bonds is 3. The van der Waals surface area contributed by atoms with Crippen molar-refractivity contribution in [2.24, 2.45) is 13.0 Å². The Balaban J connectivity index is 2.12. The zero-order valence-electron chi connectivity index (χ0n) is 14.1. The molecule has 0 amide bonds. The molecule has 1 saturated heterocycles. The van der Waals surface area contributed by atoms with E-state index < -0.39 is 30.0 Å². The van der Waals surface area contributed by atoms with Gasteiger partial charge in [-0.25, -0.2) is 4.79 Å². The monoisotopic (exact) mass is 332 g/mol. The fourth-order valence-corrected chi connectivity index (χ4v) is 3.39. The van der Waals surface area contributed by atoms with Gasteiger partial charge in [-0.2, -0.15) is 5.06 Å². The van der Waals surface area contributed by atoms with Crippen LogP contribution in [0.4, 0.5) is 0 Å². The Morgan fingerprint density at radius 2 is 1.75 bits per heavy atom. The third-order valence-corrected chi connectivity index (χ3v) is 4.49. The highest BCUT2D eigenvalue weighted by Gasteiger charge is 2.52. The lowest BCUT2D eigenvalue weighted by Gasteiger charge is -2.21. The van der Waals surface area contributed by atoms with Crippen LogP contribution in [0.3, 0.4) is 0 Å². The normalized spacial score (nSPS) is 24.2. The summed E-state index contributed by atoms with van der Waals surface area (Å²) in [5.41, 5.74) is 1.93. The Hall–Kier alpha value is -2.38. The number of nitrogens with zero attached hydrogens (tertiary/aromatic N) is 2. The molecule has 1 aliphatic heterocycles. The van der Waals surface area contributed by atoms with E-state index in [1.54, 1.807) is 7.05 Å². The second-order valence-electron chi connectivity index (χ2n) is 5.80. The summed E-state index contributed by atoms with van der Waals surface area (Å²) in [6.07, 6.45) is 0.918. The lowest BCUT2D eigenvalue weighted by Crippen LogP contribution is -2.35. The van der Waals surface area contributed by atoms with Gasteiger partial charge < -0.3 is 14.0 Å². The van der Waals surface area contributed by atoms with Crippen molar-refractivity contribution < 1.29 is 23.9 Å². The van der Waals surface area contributed by atoms with Crippen LogP contribution in [0.15, 0.2) is 30.5 Å². The molecule has 1 aromatic heterocycles. The molecule has 1 aromatic carbocycles. The molecule has 24 heavy (non-hydrogen) atoms. The molecule has 3 atom stereocenters. The first kappa shape index (κ1) is 16.5. The third-order valence-electron chi connectivity index (χ3n) is 4.49. The summed E-state index contributed by atoms with van der Waals surface area (Å²) in [4.78, 5) is 30.0. The topological polar surface area (TPSA) is 70.0 Å². The molecule has 3 rings (SSSR count). The van der Waals surface area contributed by atoms with Gasteiger partial charge in [-0.05, 0) is 11.6 Å². The summed E-state index contributed by atoms with van der Waals surface area (Å²) in [6, 6.07) is 7.42. The number of aromatic nitrogens is 1. The summed E-state index contributed by atoms with van der Waals surface area (Å²) < 4.78 is 11.7. The minimum Gasteiger partial charge on any atom is -0.469 e. The number of hydroxylamine groups is 2. The predicted octanol–water partition coefficient (Wildman–Crippen LogP) is 1.43. The Labute approximate surface area is 139 Å². The summed E-state index contributed by atoms with van der Waals surface area (Å²) in [5, 5.41) is 2.53. The molecule has 0 bridgehead atoms. The Morgan fingerprint density at radius 3 is 2.42 bits per heavy atom. The standard InChI is InChI=1S/C17H20N2O5/c1-18-9-11(10-7-5-6-8-12(10)18)14-13(16(20)22-3)15(17(21)23-4)24-19(14)2/h5-9,13-15H,1-4H3/t13-,14-,15-/m0/s1. The second kappa shape index (κ2) is 6.26. The average Bonchev–Trinajstić information content (AvgIpc) is 3.11. The van der Waals surface area contributed by atoms with Gasteiger partial charge >= 0.3 is 11.9 Å². The van der Waals surface area contributed by atoms with Crippen LogP contribution in [-0.4, -0.2) is 48.9 Å². The summed E-state index contributed by atoms with van der Waals surface area (Å²) in [7, 11) is 6.21. The fraction of sp³-hybridized carbons (Fsp3) is 0.412. The van der Waals surface area contributed by atoms with Crippen molar-refractivity contribution in [1.82, 2.24) is 9.63 Å². The van der Waals surface area contributed by atoms with Crippen molar-refractivity contribution in [2.75, 3.05) is 21.3 Å². The molecule has 0 unspecified atom stereocenters. The number of carbonyl (C=O) groups is 2. The highest BCUT2D eigenvalue weighted by molar-refractivity contribution is 5.88. The predicted molar refractivity (Wildman–Crippen MR) is 85.8 cm³/mol. The van der Waals surface area contributed by atoms with Gasteiger partial charge in [0.05, 0.1) is 20.3 Å². The molecule has 1 fully saturated rings. The SMILES string of the molecule is COC(=O)[C@@H]1[C@@H](C(=O)OC)ON(C)[C@H]1c1cn(C)c2ccccc12. The molecular formula is C17H20N2O5. The number of benzene rings is 1. The Morgan fingerprint density at radius 1 is 1.08 bits per heavy atom. The summed E-state index contributed by atoms with van der Waals surface area (Å²) >= 11 is 0. The molecule has 7 nitrogen and oxygen atoms in total. The third kappa shape index (κ3) is 2.46. The lowest BCUT2D eigenvalue weighted by molar-refractivity contribution is -0.182. The highest BCUT2D eigenvalue weighted by atomic mass is 16.7. The number of fused-ring (bicyclic) bond motifs is 1. The van der Waals surface area contributed by atoms with Crippen molar-refractivity contribution in [3.63, 3.8) is 0 Å². The molecule has 1 aliphatic rings. The van der Waals surface area contributed by atoms with Crippen molar-refractivity contribution in [2.45, 2.75) is 12.1 Å². The van der Waals surface area contributed by atoms with E-state index in [9.17, 15) is 9.59 Å². The van der Waals surface area contributed by atoms with E-state index in [0.29, 0.717) is 0 Å². The summed E-state index contributed by atoms with van der Waals surface area (Å²) in [5.74, 6) is -1.91. The Bertz CT molecular complexity index is 784. The van der Waals surface area contributed by atoms with E-state index in [0.717, 1.165) is 16.5 Å². The van der Waals surface area contributed by atoms with Gasteiger partial charge in [-0.3, -0.25) is 9.63 Å². The first-order valence-electron chi connectivity index (χ1n) is 7.58. The molecule has 0 spiro atoms. The molecule has 0 aliphatic carbocycles. The minimum absolute atomic E-state index is 0.451. The number of aryl methyl sites for hydroxylation is 1. The van der Waals surface area contributed by atoms with Crippen LogP contribution >= 0.6 is 0 Å². The van der Waals surface area contributed by atoms with Gasteiger partial charge in [0.15, 0.2) is 6.10 Å². The lowest BCUT2D eigenvalue weighted by atomic mass is 9.89. The van der Waals surface area contributed by atoms with E-state index in [-0.39, 0.29) is 0 Å². The number of methoxy groups -OCH3 is 2. The number of para-hydroxylation sites is 1. The number of esters is 2. The van der Waals surface area contributed by atoms with Crippen LogP contribution in [-0.2, 0) is 30.9 Å². The number of ether oxygens (including phenoxy) is 2. The van der Waals surface area contributed by atoms with E-state index in [1.165, 1.54) is 19.3 Å². The quantitative estimate of drug-likeness (QED) is 0.792. The van der Waals surface area contributed by atoms with Gasteiger partial charge in [0.25, 0.3) is 0 Å². The van der Waals surface area contributed by atoms with Gasteiger partial charge in [-0.1, -0.05) is 18.2 Å². The minimum atomic E-state index is -1.03. The molecule has 0 N–H and O–H groups in total. The molecule has 0 saturated carbocycles. The molecule has 0 radical (unpaired) electrons. The largest absolute Gasteiger partial charge is 0.469 e. The van der Waals surface area contributed by atoms with Gasteiger partial charge in [0.1, 0.15) is 5.92 Å². The van der Waals surface area contributed by atoms with Crippen LogP contribution in [0.25, 0.3) is 10.9 Å². The van der Waals surface area contributed by atoms with Crippen LogP contribution in [0, 0.1) is 5.92 Å². The number of hydrogen-bond donors (Lipinski definition) is 0. The second-order valence-corrected chi connectivity index (χ2v) is 5.80. The van der Waals surface area contributed by atoms with Crippen LogP contribution in [0.2, 0.25) is 0 Å². The maximum Gasteiger partial charge on any atom is 0.338 e. The first-order valence-corrected chi connectivity index (χ1v) is 7.58. The maximum atomic E-state index is 12.4. The van der Waals surface area contributed by atoms with Crippen LogP contribution < -0.4 is 0 Å². The number of hydrogen-bond acceptors (Lipinski definition) is 6. The van der Waals surface area contributed by atoms with Crippen LogP contribution in [0.1, 0.15) is 11.6 Å². The van der Waals surface area contributed by atoms with Gasteiger partial charge in [0, 0.05) is 31.2 Å². The van der Waals surface area contributed by atoms with Crippen molar-refractivity contribution in [3.05, 3.63) is 36.0 Å². The highest BCUT2D eigenvalue weighted by Crippen LogP contribution is 2.42. The first-order chi connectivity index (χ1) is 11.5. The fourth-order valence-electron chi connectivity index (χ4n) is 3.39. The van der Waals surface area contributed by atoms with Crippen molar-refractivity contribution >= 4 is 22.8 Å². The molecular weight excluding hydrogens is 312 g/mol. The smallest absolute Gasteiger partial charge is 0.338 e. The summed E-state index contributed by atoms with van der Waals surface area (Å²) in [6.45, 7) is 0. The van der Waals surface area contributed by atoms with Gasteiger partial charge in [0.2, 0.25) is 0 Å². The Kier molecular flexibility index (Phi) is 4.29. The molecule has 2 aromatic rings. The maximum absolute atomic E-state index is 12.4. The number of carbonyl (C=O) groups excluding carboxylic acids is 2. The molecule has 128 valence electrons. The van der Waals surface area contributed by atoms with E-state index in [2.05, 4.69) is 0 Å². The zero-order chi connectivity index (χ0) is 17.4. The van der Waals surface area contributed by atoms with E-state index in [4.69, 9.17) is 14.3 Å². The molecule has 7 heteroatoms. The van der Waals surface area contributed by atoms with Crippen LogP contribution in [0.5, 0.6) is 0 Å². The van der Waals surface area contributed by atoms with Crippen molar-refractivity contribution in [1.29, 1.82) is 0 Å². The molecule has 2 heterocycles. The van der Waals surface area contributed by atoms with Gasteiger partial charge in [-0.15, -0.1) is 0 Å². The van der Waals surface area contributed by atoms with Crippen molar-refractivity contribution in [3.8, 4) is 0 Å². The zero-order valence-corrected chi connectivity index (χ0v) is 14.1. The van der Waals surface area contributed by atoms with E-state index in [1.807, 2.05) is 42.1 Å². The van der Waals surface area contributed by atoms with E-state index >= 15 is 0 Å².